The van der Waals surface area contributed by atoms with Gasteiger partial charge >= 0.3 is 6.09 Å². The van der Waals surface area contributed by atoms with Gasteiger partial charge in [0.1, 0.15) is 5.82 Å². The van der Waals surface area contributed by atoms with E-state index in [9.17, 15) is 22.4 Å². The number of carbonyl (C=O) groups excluding carboxylic acids is 2. The Morgan fingerprint density at radius 3 is 2.16 bits per heavy atom. The van der Waals surface area contributed by atoms with Crippen molar-refractivity contribution >= 4 is 39.1 Å². The number of amides is 2. The van der Waals surface area contributed by atoms with E-state index >= 15 is 0 Å². The third-order valence-corrected chi connectivity index (χ3v) is 5.82. The molecule has 8 nitrogen and oxygen atoms in total. The Morgan fingerprint density at radius 2 is 1.53 bits per heavy atom. The van der Waals surface area contributed by atoms with Gasteiger partial charge in [0, 0.05) is 16.9 Å². The molecule has 3 rings (SSSR count). The van der Waals surface area contributed by atoms with Gasteiger partial charge < -0.3 is 10.1 Å². The molecule has 3 aromatic rings. The lowest BCUT2D eigenvalue weighted by molar-refractivity contribution is 0.102. The van der Waals surface area contributed by atoms with Gasteiger partial charge in [-0.25, -0.2) is 17.6 Å². The average molecular weight is 457 g/mol. The summed E-state index contributed by atoms with van der Waals surface area (Å²) in [6.45, 7) is 1.67. The molecule has 3 aromatic carbocycles. The molecule has 32 heavy (non-hydrogen) atoms. The maximum atomic E-state index is 13.8. The smallest absolute Gasteiger partial charge is 0.411 e. The lowest BCUT2D eigenvalue weighted by atomic mass is 10.1. The molecule has 0 saturated carbocycles. The van der Waals surface area contributed by atoms with Crippen LogP contribution in [0, 0.1) is 12.7 Å². The van der Waals surface area contributed by atoms with Gasteiger partial charge in [-0.3, -0.25) is 14.8 Å². The summed E-state index contributed by atoms with van der Waals surface area (Å²) in [7, 11) is -2.88. The number of carbonyl (C=O) groups is 2. The summed E-state index contributed by atoms with van der Waals surface area (Å²) in [4.78, 5) is 23.8. The van der Waals surface area contributed by atoms with Gasteiger partial charge in [0.2, 0.25) is 0 Å². The van der Waals surface area contributed by atoms with E-state index in [1.807, 2.05) is 0 Å². The average Bonchev–Trinajstić information content (AvgIpc) is 2.76. The Labute approximate surface area is 184 Å². The van der Waals surface area contributed by atoms with Crippen molar-refractivity contribution in [2.75, 3.05) is 22.5 Å². The van der Waals surface area contributed by atoms with Gasteiger partial charge in [-0.15, -0.1) is 0 Å². The number of hydrogen-bond acceptors (Lipinski definition) is 5. The maximum Gasteiger partial charge on any atom is 0.411 e. The monoisotopic (exact) mass is 457 g/mol. The highest BCUT2D eigenvalue weighted by Gasteiger charge is 2.19. The quantitative estimate of drug-likeness (QED) is 0.509. The molecular weight excluding hydrogens is 437 g/mol. The second kappa shape index (κ2) is 9.48. The molecule has 0 fully saturated rings. The second-order valence-electron chi connectivity index (χ2n) is 6.71. The first kappa shape index (κ1) is 22.8. The third-order valence-electron chi connectivity index (χ3n) is 4.46. The zero-order chi connectivity index (χ0) is 23.3. The van der Waals surface area contributed by atoms with E-state index in [-0.39, 0.29) is 16.1 Å². The number of sulfonamides is 1. The molecule has 3 N–H and O–H groups in total. The predicted octanol–water partition coefficient (Wildman–Crippen LogP) is 4.37. The lowest BCUT2D eigenvalue weighted by Gasteiger charge is -2.12. The molecule has 0 bridgehead atoms. The van der Waals surface area contributed by atoms with E-state index < -0.39 is 27.8 Å². The van der Waals surface area contributed by atoms with Crippen LogP contribution in [0.5, 0.6) is 0 Å². The minimum Gasteiger partial charge on any atom is -0.453 e. The third kappa shape index (κ3) is 5.41. The zero-order valence-electron chi connectivity index (χ0n) is 17.2. The molecule has 0 spiro atoms. The molecule has 0 aliphatic rings. The van der Waals surface area contributed by atoms with Crippen LogP contribution in [0.1, 0.15) is 15.9 Å². The van der Waals surface area contributed by atoms with Crippen molar-refractivity contribution in [3.63, 3.8) is 0 Å². The Kier molecular flexibility index (Phi) is 6.74. The first-order chi connectivity index (χ1) is 15.2. The number of para-hydroxylation sites is 1. The molecule has 0 unspecified atom stereocenters. The number of benzene rings is 3. The first-order valence-electron chi connectivity index (χ1n) is 9.34. The van der Waals surface area contributed by atoms with Crippen LogP contribution in [-0.4, -0.2) is 27.5 Å². The summed E-state index contributed by atoms with van der Waals surface area (Å²) in [6.07, 6.45) is -0.626. The van der Waals surface area contributed by atoms with Crippen LogP contribution in [0.15, 0.2) is 71.6 Å². The molecule has 0 aliphatic heterocycles. The van der Waals surface area contributed by atoms with E-state index in [1.165, 1.54) is 43.5 Å². The highest BCUT2D eigenvalue weighted by atomic mass is 32.2. The number of aryl methyl sites for hydroxylation is 1. The van der Waals surface area contributed by atoms with Crippen molar-refractivity contribution in [3.8, 4) is 0 Å². The van der Waals surface area contributed by atoms with Crippen LogP contribution in [-0.2, 0) is 14.8 Å². The van der Waals surface area contributed by atoms with Crippen LogP contribution in [0.4, 0.5) is 26.2 Å². The number of methoxy groups -OCH3 is 1. The number of ether oxygens (including phenoxy) is 1. The minimum atomic E-state index is -4.12. The molecule has 0 saturated heterocycles. The molecule has 0 aliphatic carbocycles. The lowest BCUT2D eigenvalue weighted by Crippen LogP contribution is -2.17. The number of hydrogen-bond donors (Lipinski definition) is 3. The van der Waals surface area contributed by atoms with E-state index in [0.717, 1.165) is 6.07 Å². The van der Waals surface area contributed by atoms with Crippen molar-refractivity contribution in [1.29, 1.82) is 0 Å². The molecule has 2 amide bonds. The number of halogens is 1. The summed E-state index contributed by atoms with van der Waals surface area (Å²) in [6, 6.07) is 15.7. The predicted molar refractivity (Wildman–Crippen MR) is 119 cm³/mol. The standard InChI is InChI=1S/C22H20FN3O5S/c1-14-7-12-17(32(29,30)26-20-6-4-3-5-19(20)23)13-18(14)21(27)24-15-8-10-16(11-9-15)25-22(28)31-2/h3-13,26H,1-2H3,(H,24,27)(H,25,28). The SMILES string of the molecule is COC(=O)Nc1ccc(NC(=O)c2cc(S(=O)(=O)Nc3ccccc3F)ccc2C)cc1. The molecule has 10 heteroatoms. The zero-order valence-corrected chi connectivity index (χ0v) is 18.0. The van der Waals surface area contributed by atoms with E-state index in [1.54, 1.807) is 31.2 Å². The molecule has 0 heterocycles. The largest absolute Gasteiger partial charge is 0.453 e. The maximum absolute atomic E-state index is 13.8. The van der Waals surface area contributed by atoms with E-state index in [4.69, 9.17) is 0 Å². The molecule has 0 aromatic heterocycles. The van der Waals surface area contributed by atoms with Crippen LogP contribution in [0.2, 0.25) is 0 Å². The minimum absolute atomic E-state index is 0.137. The Hall–Kier alpha value is -3.92. The van der Waals surface area contributed by atoms with Crippen LogP contribution < -0.4 is 15.4 Å². The highest BCUT2D eigenvalue weighted by Crippen LogP contribution is 2.22. The van der Waals surface area contributed by atoms with Crippen molar-refractivity contribution < 1.29 is 27.1 Å². The van der Waals surface area contributed by atoms with E-state index in [2.05, 4.69) is 20.1 Å². The van der Waals surface area contributed by atoms with Crippen molar-refractivity contribution in [2.24, 2.45) is 0 Å². The molecule has 0 radical (unpaired) electrons. The number of rotatable bonds is 6. The first-order valence-corrected chi connectivity index (χ1v) is 10.8. The Balaban J connectivity index is 1.80. The Morgan fingerprint density at radius 1 is 0.906 bits per heavy atom. The van der Waals surface area contributed by atoms with E-state index in [0.29, 0.717) is 16.9 Å². The van der Waals surface area contributed by atoms with Gasteiger partial charge in [-0.2, -0.15) is 0 Å². The van der Waals surface area contributed by atoms with Crippen LogP contribution in [0.3, 0.4) is 0 Å². The number of nitrogens with one attached hydrogen (secondary N) is 3. The fourth-order valence-corrected chi connectivity index (χ4v) is 3.86. The van der Waals surface area contributed by atoms with Gasteiger partial charge in [-0.05, 0) is 61.0 Å². The van der Waals surface area contributed by atoms with Gasteiger partial charge in [0.25, 0.3) is 15.9 Å². The number of anilines is 3. The molecule has 0 atom stereocenters. The van der Waals surface area contributed by atoms with Crippen LogP contribution >= 0.6 is 0 Å². The highest BCUT2D eigenvalue weighted by molar-refractivity contribution is 7.92. The fourth-order valence-electron chi connectivity index (χ4n) is 2.76. The van der Waals surface area contributed by atoms with Crippen LogP contribution in [0.25, 0.3) is 0 Å². The normalized spacial score (nSPS) is 10.8. The fraction of sp³-hybridized carbons (Fsp3) is 0.0909. The summed E-state index contributed by atoms with van der Waals surface area (Å²) < 4.78 is 45.9. The van der Waals surface area contributed by atoms with Gasteiger partial charge in [-0.1, -0.05) is 18.2 Å². The molecular formula is C22H20FN3O5S. The summed E-state index contributed by atoms with van der Waals surface area (Å²) in [5, 5.41) is 5.16. The second-order valence-corrected chi connectivity index (χ2v) is 8.39. The summed E-state index contributed by atoms with van der Waals surface area (Å²) >= 11 is 0. The van der Waals surface area contributed by atoms with Gasteiger partial charge in [0.05, 0.1) is 17.7 Å². The van der Waals surface area contributed by atoms with Crippen molar-refractivity contribution in [2.45, 2.75) is 11.8 Å². The van der Waals surface area contributed by atoms with Crippen molar-refractivity contribution in [1.82, 2.24) is 0 Å². The summed E-state index contributed by atoms with van der Waals surface area (Å²) in [5.41, 5.74) is 1.40. The molecule has 166 valence electrons. The summed E-state index contributed by atoms with van der Waals surface area (Å²) in [5.74, 6) is -1.24. The Bertz CT molecular complexity index is 1260. The van der Waals surface area contributed by atoms with Gasteiger partial charge in [0.15, 0.2) is 0 Å². The van der Waals surface area contributed by atoms with Crippen molar-refractivity contribution in [3.05, 3.63) is 83.7 Å². The topological polar surface area (TPSA) is 114 Å².